The van der Waals surface area contributed by atoms with E-state index in [2.05, 4.69) is 27.5 Å². The maximum absolute atomic E-state index is 14.3. The maximum atomic E-state index is 14.3. The first kappa shape index (κ1) is 28.3. The van der Waals surface area contributed by atoms with Crippen molar-refractivity contribution < 1.29 is 18.0 Å². The lowest BCUT2D eigenvalue weighted by Gasteiger charge is -2.38. The highest BCUT2D eigenvalue weighted by atomic mass is 19.1. The number of aromatic nitrogens is 2. The molecule has 1 saturated carbocycles. The molecule has 0 unspecified atom stereocenters. The Hall–Kier alpha value is -3.24. The molecule has 4 N–H and O–H groups in total. The second-order valence-electron chi connectivity index (χ2n) is 9.94. The highest BCUT2D eigenvalue weighted by molar-refractivity contribution is 5.78. The zero-order chi connectivity index (χ0) is 27.1. The van der Waals surface area contributed by atoms with Crippen molar-refractivity contribution in [2.24, 2.45) is 5.92 Å². The molecule has 1 fully saturated rings. The highest BCUT2D eigenvalue weighted by Gasteiger charge is 2.32. The summed E-state index contributed by atoms with van der Waals surface area (Å²) >= 11 is 0. The van der Waals surface area contributed by atoms with Crippen molar-refractivity contribution in [3.05, 3.63) is 35.8 Å². The van der Waals surface area contributed by atoms with Crippen molar-refractivity contribution in [3.8, 4) is 0 Å². The van der Waals surface area contributed by atoms with E-state index in [-0.39, 0.29) is 30.6 Å². The van der Waals surface area contributed by atoms with Crippen LogP contribution < -0.4 is 21.3 Å². The Morgan fingerprint density at radius 2 is 1.81 bits per heavy atom. The van der Waals surface area contributed by atoms with E-state index in [1.807, 2.05) is 25.8 Å². The van der Waals surface area contributed by atoms with Crippen LogP contribution in [0.5, 0.6) is 0 Å². The number of amides is 1. The fraction of sp³-hybridized carbons (Fsp3) is 0.577. The molecule has 0 aliphatic heterocycles. The van der Waals surface area contributed by atoms with Crippen LogP contribution in [0.25, 0.3) is 0 Å². The zero-order valence-electron chi connectivity index (χ0n) is 22.0. The van der Waals surface area contributed by atoms with Crippen molar-refractivity contribution in [2.75, 3.05) is 41.5 Å². The SMILES string of the molecule is CCCCN(C)C(=O)C1CCC(N(CNc2c(F)cc(F)cc2F)c2nc(NC(C)C)ncc2N)CC1. The van der Waals surface area contributed by atoms with Crippen LogP contribution >= 0.6 is 0 Å². The number of carbonyl (C=O) groups is 1. The number of nitrogens with two attached hydrogens (primary N) is 1. The molecule has 1 aliphatic rings. The van der Waals surface area contributed by atoms with E-state index < -0.39 is 23.1 Å². The average molecular weight is 522 g/mol. The van der Waals surface area contributed by atoms with Gasteiger partial charge in [0.15, 0.2) is 17.5 Å². The predicted molar refractivity (Wildman–Crippen MR) is 141 cm³/mol. The van der Waals surface area contributed by atoms with Gasteiger partial charge in [0.05, 0.1) is 18.6 Å². The zero-order valence-corrected chi connectivity index (χ0v) is 22.0. The molecule has 1 aromatic heterocycles. The Balaban J connectivity index is 1.82. The molecule has 3 rings (SSSR count). The summed E-state index contributed by atoms with van der Waals surface area (Å²) in [6, 6.07) is 1.25. The molecule has 0 bridgehead atoms. The summed E-state index contributed by atoms with van der Waals surface area (Å²) in [5, 5.41) is 5.91. The highest BCUT2D eigenvalue weighted by Crippen LogP contribution is 2.33. The molecule has 1 aromatic carbocycles. The molecule has 0 spiro atoms. The minimum atomic E-state index is -1.03. The number of rotatable bonds is 11. The summed E-state index contributed by atoms with van der Waals surface area (Å²) in [6.45, 7) is 6.71. The van der Waals surface area contributed by atoms with E-state index in [0.717, 1.165) is 19.4 Å². The Labute approximate surface area is 216 Å². The van der Waals surface area contributed by atoms with Crippen molar-refractivity contribution in [1.82, 2.24) is 14.9 Å². The molecule has 37 heavy (non-hydrogen) atoms. The number of unbranched alkanes of at least 4 members (excludes halogenated alkanes) is 1. The smallest absolute Gasteiger partial charge is 0.225 e. The van der Waals surface area contributed by atoms with Crippen LogP contribution in [0.1, 0.15) is 59.3 Å². The van der Waals surface area contributed by atoms with Gasteiger partial charge in [-0.15, -0.1) is 0 Å². The van der Waals surface area contributed by atoms with Crippen molar-refractivity contribution in [3.63, 3.8) is 0 Å². The van der Waals surface area contributed by atoms with Gasteiger partial charge in [0.25, 0.3) is 0 Å². The third kappa shape index (κ3) is 7.39. The van der Waals surface area contributed by atoms with Crippen molar-refractivity contribution >= 4 is 29.0 Å². The lowest BCUT2D eigenvalue weighted by atomic mass is 9.84. The van der Waals surface area contributed by atoms with Gasteiger partial charge in [-0.1, -0.05) is 13.3 Å². The standard InChI is InChI=1S/C26H38F3N7O/c1-5-6-11-35(4)25(37)17-7-9-19(10-8-17)36(15-32-23-20(28)12-18(27)13-21(23)29)24-22(30)14-31-26(34-24)33-16(2)3/h12-14,16-17,19,32H,5-11,15,30H2,1-4H3,(H,31,33,34). The first-order chi connectivity index (χ1) is 17.6. The quantitative estimate of drug-likeness (QED) is 0.358. The lowest BCUT2D eigenvalue weighted by molar-refractivity contribution is -0.135. The Kier molecular flexibility index (Phi) is 9.82. The molecule has 1 amide bonds. The molecular formula is C26H38F3N7O. The number of anilines is 4. The van der Waals surface area contributed by atoms with Gasteiger partial charge in [-0.25, -0.2) is 18.2 Å². The number of hydrogen-bond acceptors (Lipinski definition) is 7. The van der Waals surface area contributed by atoms with Gasteiger partial charge in [0, 0.05) is 43.7 Å². The van der Waals surface area contributed by atoms with Gasteiger partial charge in [0.1, 0.15) is 11.5 Å². The van der Waals surface area contributed by atoms with Crippen LogP contribution in [-0.2, 0) is 4.79 Å². The summed E-state index contributed by atoms with van der Waals surface area (Å²) in [4.78, 5) is 25.4. The van der Waals surface area contributed by atoms with E-state index in [1.54, 1.807) is 4.90 Å². The number of nitrogens with zero attached hydrogens (tertiary/aromatic N) is 4. The Bertz CT molecular complexity index is 1040. The fourth-order valence-electron chi connectivity index (χ4n) is 4.64. The monoisotopic (exact) mass is 521 g/mol. The summed E-state index contributed by atoms with van der Waals surface area (Å²) in [5.41, 5.74) is 6.14. The Morgan fingerprint density at radius 1 is 1.16 bits per heavy atom. The lowest BCUT2D eigenvalue weighted by Crippen LogP contribution is -2.44. The number of carbonyl (C=O) groups excluding carboxylic acids is 1. The van der Waals surface area contributed by atoms with Crippen LogP contribution in [0.15, 0.2) is 18.3 Å². The molecule has 204 valence electrons. The molecule has 1 heterocycles. The van der Waals surface area contributed by atoms with Crippen LogP contribution in [0.2, 0.25) is 0 Å². The van der Waals surface area contributed by atoms with Crippen molar-refractivity contribution in [1.29, 1.82) is 0 Å². The third-order valence-electron chi connectivity index (χ3n) is 6.63. The average Bonchev–Trinajstić information content (AvgIpc) is 2.85. The molecule has 8 nitrogen and oxygen atoms in total. The number of hydrogen-bond donors (Lipinski definition) is 3. The first-order valence-electron chi connectivity index (χ1n) is 12.9. The van der Waals surface area contributed by atoms with Crippen molar-refractivity contribution in [2.45, 2.75) is 71.4 Å². The number of benzene rings is 1. The fourth-order valence-corrected chi connectivity index (χ4v) is 4.64. The normalized spacial score (nSPS) is 17.5. The van der Waals surface area contributed by atoms with E-state index in [0.29, 0.717) is 55.3 Å². The Morgan fingerprint density at radius 3 is 2.41 bits per heavy atom. The summed E-state index contributed by atoms with van der Waals surface area (Å²) in [6.07, 6.45) is 6.18. The number of halogens is 3. The number of nitrogen functional groups attached to an aromatic ring is 1. The molecular weight excluding hydrogens is 483 g/mol. The van der Waals surface area contributed by atoms with Gasteiger partial charge < -0.3 is 26.2 Å². The molecule has 2 aromatic rings. The molecule has 0 saturated heterocycles. The largest absolute Gasteiger partial charge is 0.394 e. The van der Waals surface area contributed by atoms with Crippen LogP contribution in [-0.4, -0.2) is 53.1 Å². The number of nitrogens with one attached hydrogen (secondary N) is 2. The van der Waals surface area contributed by atoms with Gasteiger partial charge in [0.2, 0.25) is 11.9 Å². The van der Waals surface area contributed by atoms with E-state index in [9.17, 15) is 18.0 Å². The first-order valence-corrected chi connectivity index (χ1v) is 12.9. The van der Waals surface area contributed by atoms with E-state index in [4.69, 9.17) is 5.73 Å². The minimum Gasteiger partial charge on any atom is -0.394 e. The second kappa shape index (κ2) is 12.8. The van der Waals surface area contributed by atoms with Crippen LogP contribution in [0.3, 0.4) is 0 Å². The van der Waals surface area contributed by atoms with Gasteiger partial charge in [-0.05, 0) is 46.0 Å². The summed E-state index contributed by atoms with van der Waals surface area (Å²) in [7, 11) is 1.84. The summed E-state index contributed by atoms with van der Waals surface area (Å²) in [5.74, 6) is -2.17. The van der Waals surface area contributed by atoms with Gasteiger partial charge in [-0.3, -0.25) is 4.79 Å². The minimum absolute atomic E-state index is 0.0263. The topological polar surface area (TPSA) is 99.4 Å². The van der Waals surface area contributed by atoms with E-state index in [1.165, 1.54) is 6.20 Å². The van der Waals surface area contributed by atoms with Gasteiger partial charge in [-0.2, -0.15) is 4.98 Å². The predicted octanol–water partition coefficient (Wildman–Crippen LogP) is 4.99. The summed E-state index contributed by atoms with van der Waals surface area (Å²) < 4.78 is 42.1. The third-order valence-corrected chi connectivity index (χ3v) is 6.63. The molecule has 11 heteroatoms. The molecule has 0 atom stereocenters. The van der Waals surface area contributed by atoms with Crippen LogP contribution in [0.4, 0.5) is 36.3 Å². The van der Waals surface area contributed by atoms with Gasteiger partial charge >= 0.3 is 0 Å². The second-order valence-corrected chi connectivity index (χ2v) is 9.94. The molecule has 1 aliphatic carbocycles. The maximum Gasteiger partial charge on any atom is 0.225 e. The van der Waals surface area contributed by atoms with Crippen LogP contribution in [0, 0.1) is 23.4 Å². The van der Waals surface area contributed by atoms with E-state index >= 15 is 0 Å². The molecule has 0 radical (unpaired) electrons.